The van der Waals surface area contributed by atoms with Gasteiger partial charge in [-0.15, -0.1) is 11.3 Å². The lowest BCUT2D eigenvalue weighted by molar-refractivity contribution is -0.121. The number of hydrogen-bond donors (Lipinski definition) is 0. The van der Waals surface area contributed by atoms with E-state index in [2.05, 4.69) is 4.98 Å². The molecule has 8 nitrogen and oxygen atoms in total. The Morgan fingerprint density at radius 2 is 1.86 bits per heavy atom. The number of thiophene rings is 1. The van der Waals surface area contributed by atoms with Crippen LogP contribution in [0.3, 0.4) is 0 Å². The number of benzene rings is 2. The zero-order valence-corrected chi connectivity index (χ0v) is 22.5. The highest BCUT2D eigenvalue weighted by atomic mass is 32.2. The van der Waals surface area contributed by atoms with Gasteiger partial charge >= 0.3 is 0 Å². The quantitative estimate of drug-likeness (QED) is 0.336. The molecular formula is C24H23N3O5S4. The van der Waals surface area contributed by atoms with Crippen LogP contribution in [0, 0.1) is 0 Å². The molecule has 12 heteroatoms. The van der Waals surface area contributed by atoms with Crippen LogP contribution in [0.4, 0.5) is 5.13 Å². The second-order valence-electron chi connectivity index (χ2n) is 8.51. The number of sulfone groups is 1. The lowest BCUT2D eigenvalue weighted by Crippen LogP contribution is -2.47. The highest BCUT2D eigenvalue weighted by molar-refractivity contribution is 7.91. The summed E-state index contributed by atoms with van der Waals surface area (Å²) >= 11 is 2.34. The van der Waals surface area contributed by atoms with Crippen molar-refractivity contribution in [2.24, 2.45) is 0 Å². The maximum absolute atomic E-state index is 14.0. The number of carbonyl (C=O) groups excluding carboxylic acids is 1. The Labute approximate surface area is 217 Å². The number of hydrogen-bond acceptors (Lipinski definition) is 8. The van der Waals surface area contributed by atoms with E-state index < -0.39 is 25.9 Å². The summed E-state index contributed by atoms with van der Waals surface area (Å²) in [6.45, 7) is 0.481. The van der Waals surface area contributed by atoms with E-state index >= 15 is 0 Å². The molecule has 2 aromatic carbocycles. The molecule has 36 heavy (non-hydrogen) atoms. The molecule has 3 heterocycles. The van der Waals surface area contributed by atoms with Crippen molar-refractivity contribution >= 4 is 63.8 Å². The number of amides is 1. The predicted octanol–water partition coefficient (Wildman–Crippen LogP) is 4.15. The molecule has 0 spiro atoms. The molecule has 0 saturated carbocycles. The van der Waals surface area contributed by atoms with E-state index in [1.165, 1.54) is 26.6 Å². The maximum Gasteiger partial charge on any atom is 0.253 e. The number of fused-ring (bicyclic) bond motifs is 1. The van der Waals surface area contributed by atoms with Crippen molar-refractivity contribution in [1.82, 2.24) is 9.29 Å². The van der Waals surface area contributed by atoms with Gasteiger partial charge < -0.3 is 0 Å². The number of thiazole rings is 1. The molecule has 0 N–H and O–H groups in total. The third-order valence-corrected chi connectivity index (χ3v) is 11.4. The van der Waals surface area contributed by atoms with Gasteiger partial charge in [0.05, 0.1) is 21.7 Å². The van der Waals surface area contributed by atoms with Crippen LogP contribution in [0.2, 0.25) is 0 Å². The van der Waals surface area contributed by atoms with E-state index in [0.29, 0.717) is 28.2 Å². The van der Waals surface area contributed by atoms with Crippen molar-refractivity contribution < 1.29 is 21.6 Å². The minimum atomic E-state index is -3.80. The van der Waals surface area contributed by atoms with Crippen LogP contribution in [-0.4, -0.2) is 50.9 Å². The SMILES string of the molecule is CS(=O)(=O)c1ccc2nc(N(Cc3ccccc3)C(=O)C3CCCN3S(=O)(=O)c3cccs3)sc2c1. The first-order valence-electron chi connectivity index (χ1n) is 11.2. The smallest absolute Gasteiger partial charge is 0.253 e. The molecule has 0 aliphatic carbocycles. The fourth-order valence-corrected chi connectivity index (χ4v) is 8.73. The van der Waals surface area contributed by atoms with Crippen molar-refractivity contribution in [3.8, 4) is 0 Å². The zero-order valence-electron chi connectivity index (χ0n) is 19.3. The van der Waals surface area contributed by atoms with Gasteiger partial charge in [0.25, 0.3) is 10.0 Å². The second-order valence-corrected chi connectivity index (χ2v) is 14.6. The van der Waals surface area contributed by atoms with Gasteiger partial charge in [-0.2, -0.15) is 4.31 Å². The third kappa shape index (κ3) is 4.83. The Hall–Kier alpha value is -2.64. The van der Waals surface area contributed by atoms with Gasteiger partial charge in [0.1, 0.15) is 10.3 Å². The molecule has 1 aliphatic rings. The molecule has 1 amide bonds. The maximum atomic E-state index is 14.0. The number of nitrogens with zero attached hydrogens (tertiary/aromatic N) is 3. The Morgan fingerprint density at radius 3 is 2.56 bits per heavy atom. The number of sulfonamides is 1. The summed E-state index contributed by atoms with van der Waals surface area (Å²) in [5.74, 6) is -0.348. The average molecular weight is 562 g/mol. The molecule has 1 fully saturated rings. The zero-order chi connectivity index (χ0) is 25.5. The molecule has 1 atom stereocenters. The highest BCUT2D eigenvalue weighted by Gasteiger charge is 2.42. The average Bonchev–Trinajstić information content (AvgIpc) is 3.62. The normalized spacial score (nSPS) is 17.0. The monoisotopic (exact) mass is 561 g/mol. The van der Waals surface area contributed by atoms with Crippen molar-refractivity contribution in [3.63, 3.8) is 0 Å². The van der Waals surface area contributed by atoms with Gasteiger partial charge in [-0.05, 0) is 48.1 Å². The minimum absolute atomic E-state index is 0.176. The Kier molecular flexibility index (Phi) is 6.72. The van der Waals surface area contributed by atoms with Crippen LogP contribution in [0.5, 0.6) is 0 Å². The molecule has 5 rings (SSSR count). The van der Waals surface area contributed by atoms with Crippen molar-refractivity contribution in [1.29, 1.82) is 0 Å². The van der Waals surface area contributed by atoms with E-state index in [4.69, 9.17) is 0 Å². The van der Waals surface area contributed by atoms with E-state index in [-0.39, 0.29) is 28.1 Å². The molecule has 0 radical (unpaired) electrons. The van der Waals surface area contributed by atoms with Gasteiger partial charge in [0.2, 0.25) is 5.91 Å². The predicted molar refractivity (Wildman–Crippen MR) is 142 cm³/mol. The largest absolute Gasteiger partial charge is 0.282 e. The number of rotatable bonds is 7. The Bertz CT molecular complexity index is 1610. The summed E-state index contributed by atoms with van der Waals surface area (Å²) in [5.41, 5.74) is 1.44. The summed E-state index contributed by atoms with van der Waals surface area (Å²) in [6.07, 6.45) is 2.14. The van der Waals surface area contributed by atoms with Gasteiger partial charge in [-0.25, -0.2) is 21.8 Å². The summed E-state index contributed by atoms with van der Waals surface area (Å²) in [6, 6.07) is 16.5. The highest BCUT2D eigenvalue weighted by Crippen LogP contribution is 2.35. The summed E-state index contributed by atoms with van der Waals surface area (Å²) < 4.78 is 52.8. The summed E-state index contributed by atoms with van der Waals surface area (Å²) in [7, 11) is -7.21. The van der Waals surface area contributed by atoms with Crippen LogP contribution in [0.25, 0.3) is 10.2 Å². The number of aromatic nitrogens is 1. The van der Waals surface area contributed by atoms with E-state index in [0.717, 1.165) is 23.2 Å². The molecule has 188 valence electrons. The fraction of sp³-hybridized carbons (Fsp3) is 0.250. The van der Waals surface area contributed by atoms with Gasteiger partial charge in [-0.1, -0.05) is 47.7 Å². The lowest BCUT2D eigenvalue weighted by atomic mass is 10.1. The number of anilines is 1. The molecule has 0 bridgehead atoms. The van der Waals surface area contributed by atoms with Crippen molar-refractivity contribution in [2.75, 3.05) is 17.7 Å². The van der Waals surface area contributed by atoms with Gasteiger partial charge in [0, 0.05) is 12.8 Å². The first-order valence-corrected chi connectivity index (χ1v) is 16.2. The van der Waals surface area contributed by atoms with E-state index in [1.807, 2.05) is 30.3 Å². The summed E-state index contributed by atoms with van der Waals surface area (Å²) in [5, 5.41) is 2.10. The van der Waals surface area contributed by atoms with Gasteiger partial charge in [0.15, 0.2) is 15.0 Å². The van der Waals surface area contributed by atoms with Crippen LogP contribution in [0.1, 0.15) is 18.4 Å². The fourth-order valence-electron chi connectivity index (χ4n) is 4.23. The molecule has 1 saturated heterocycles. The minimum Gasteiger partial charge on any atom is -0.282 e. The third-order valence-electron chi connectivity index (χ3n) is 6.00. The Balaban J connectivity index is 1.55. The van der Waals surface area contributed by atoms with Crippen LogP contribution < -0.4 is 4.90 Å². The molecule has 1 unspecified atom stereocenters. The van der Waals surface area contributed by atoms with E-state index in [1.54, 1.807) is 29.6 Å². The van der Waals surface area contributed by atoms with Crippen LogP contribution >= 0.6 is 22.7 Å². The van der Waals surface area contributed by atoms with Crippen molar-refractivity contribution in [2.45, 2.75) is 34.5 Å². The first-order chi connectivity index (χ1) is 17.1. The van der Waals surface area contributed by atoms with E-state index in [9.17, 15) is 21.6 Å². The van der Waals surface area contributed by atoms with Gasteiger partial charge in [-0.3, -0.25) is 9.69 Å². The number of carbonyl (C=O) groups is 1. The lowest BCUT2D eigenvalue weighted by Gasteiger charge is -2.28. The molecule has 2 aromatic heterocycles. The van der Waals surface area contributed by atoms with Crippen LogP contribution in [0.15, 0.2) is 75.1 Å². The standard InChI is InChI=1S/C24H23N3O5S4/c1-35(29,30)18-11-12-19-21(15-18)34-24(25-19)26(16-17-7-3-2-4-8-17)23(28)20-9-5-13-27(20)36(31,32)22-10-6-14-33-22/h2-4,6-8,10-12,14-15,20H,5,9,13,16H2,1H3. The Morgan fingerprint density at radius 1 is 1.08 bits per heavy atom. The topological polar surface area (TPSA) is 105 Å². The molecular weight excluding hydrogens is 539 g/mol. The molecule has 1 aliphatic heterocycles. The first kappa shape index (κ1) is 25.0. The molecule has 4 aromatic rings. The summed E-state index contributed by atoms with van der Waals surface area (Å²) in [4.78, 5) is 20.3. The second kappa shape index (κ2) is 9.67. The van der Waals surface area contributed by atoms with Crippen LogP contribution in [-0.2, 0) is 31.2 Å². The van der Waals surface area contributed by atoms with Crippen molar-refractivity contribution in [3.05, 3.63) is 71.6 Å².